The molecule has 0 amide bonds. The van der Waals surface area contributed by atoms with Gasteiger partial charge in [-0.05, 0) is 28.1 Å². The molecular weight excluding hydrogens is 194 g/mol. The van der Waals surface area contributed by atoms with Crippen molar-refractivity contribution in [2.45, 2.75) is 6.42 Å². The minimum Gasteiger partial charge on any atom is -0.303 e. The van der Waals surface area contributed by atoms with Crippen LogP contribution in [-0.4, -0.2) is 11.3 Å². The molecule has 0 aliphatic heterocycles. The van der Waals surface area contributed by atoms with Gasteiger partial charge in [0.1, 0.15) is 6.29 Å². The van der Waals surface area contributed by atoms with E-state index in [4.69, 9.17) is 0 Å². The van der Waals surface area contributed by atoms with Crippen LogP contribution in [0.15, 0.2) is 22.8 Å². The van der Waals surface area contributed by atoms with Crippen molar-refractivity contribution in [1.29, 1.82) is 0 Å². The number of rotatable bonds is 2. The lowest BCUT2D eigenvalue weighted by Gasteiger charge is -1.91. The standard InChI is InChI=1S/C7H6BrNO/c8-6-1-2-7(3-4-10)9-5-6/h1-2,4-5H,3H2. The lowest BCUT2D eigenvalue weighted by Crippen LogP contribution is -1.88. The van der Waals surface area contributed by atoms with E-state index in [1.807, 2.05) is 12.1 Å². The van der Waals surface area contributed by atoms with Gasteiger partial charge in [-0.15, -0.1) is 0 Å². The second kappa shape index (κ2) is 3.46. The van der Waals surface area contributed by atoms with E-state index in [-0.39, 0.29) is 0 Å². The third-order valence-electron chi connectivity index (χ3n) is 1.08. The van der Waals surface area contributed by atoms with Gasteiger partial charge in [-0.25, -0.2) is 0 Å². The van der Waals surface area contributed by atoms with E-state index >= 15 is 0 Å². The van der Waals surface area contributed by atoms with Gasteiger partial charge in [0, 0.05) is 22.8 Å². The highest BCUT2D eigenvalue weighted by molar-refractivity contribution is 9.10. The second-order valence-electron chi connectivity index (χ2n) is 1.84. The fraction of sp³-hybridized carbons (Fsp3) is 0.143. The van der Waals surface area contributed by atoms with Gasteiger partial charge in [0.2, 0.25) is 0 Å². The molecule has 0 saturated heterocycles. The maximum Gasteiger partial charge on any atom is 0.125 e. The third-order valence-corrected chi connectivity index (χ3v) is 1.55. The van der Waals surface area contributed by atoms with Crippen LogP contribution in [0, 0.1) is 0 Å². The van der Waals surface area contributed by atoms with Gasteiger partial charge in [0.05, 0.1) is 0 Å². The van der Waals surface area contributed by atoms with E-state index < -0.39 is 0 Å². The van der Waals surface area contributed by atoms with Crippen molar-refractivity contribution in [1.82, 2.24) is 4.98 Å². The summed E-state index contributed by atoms with van der Waals surface area (Å²) in [6.45, 7) is 0. The molecule has 1 heterocycles. The summed E-state index contributed by atoms with van der Waals surface area (Å²) in [5.41, 5.74) is 0.804. The third kappa shape index (κ3) is 1.92. The molecule has 0 radical (unpaired) electrons. The largest absolute Gasteiger partial charge is 0.303 e. The number of pyridine rings is 1. The minimum atomic E-state index is 0.396. The molecule has 1 aromatic rings. The molecule has 0 aliphatic carbocycles. The van der Waals surface area contributed by atoms with Crippen LogP contribution >= 0.6 is 15.9 Å². The van der Waals surface area contributed by atoms with Gasteiger partial charge in [-0.3, -0.25) is 4.98 Å². The predicted octanol–water partition coefficient (Wildman–Crippen LogP) is 1.59. The van der Waals surface area contributed by atoms with E-state index in [1.54, 1.807) is 6.20 Å². The van der Waals surface area contributed by atoms with Gasteiger partial charge in [0.25, 0.3) is 0 Å². The summed E-state index contributed by atoms with van der Waals surface area (Å²) in [5, 5.41) is 0. The number of hydrogen-bond donors (Lipinski definition) is 0. The molecule has 0 unspecified atom stereocenters. The molecule has 52 valence electrons. The van der Waals surface area contributed by atoms with Crippen molar-refractivity contribution in [3.63, 3.8) is 0 Å². The zero-order chi connectivity index (χ0) is 7.40. The monoisotopic (exact) mass is 199 g/mol. The molecule has 0 aromatic carbocycles. The molecular formula is C7H6BrNO. The first-order chi connectivity index (χ1) is 4.83. The van der Waals surface area contributed by atoms with E-state index in [0.717, 1.165) is 16.5 Å². The van der Waals surface area contributed by atoms with Crippen LogP contribution in [0.5, 0.6) is 0 Å². The van der Waals surface area contributed by atoms with Crippen LogP contribution < -0.4 is 0 Å². The molecule has 0 aliphatic rings. The Morgan fingerprint density at radius 3 is 2.90 bits per heavy atom. The lowest BCUT2D eigenvalue weighted by molar-refractivity contribution is -0.107. The van der Waals surface area contributed by atoms with Crippen molar-refractivity contribution in [2.75, 3.05) is 0 Å². The SMILES string of the molecule is O=CCc1ccc(Br)cn1. The number of nitrogens with zero attached hydrogens (tertiary/aromatic N) is 1. The Balaban J connectivity index is 2.78. The highest BCUT2D eigenvalue weighted by Crippen LogP contribution is 2.06. The average Bonchev–Trinajstić information content (AvgIpc) is 1.95. The average molecular weight is 200 g/mol. The van der Waals surface area contributed by atoms with Crippen LogP contribution in [0.3, 0.4) is 0 Å². The summed E-state index contributed by atoms with van der Waals surface area (Å²) >= 11 is 3.25. The van der Waals surface area contributed by atoms with Crippen LogP contribution in [0.1, 0.15) is 5.69 Å². The first kappa shape index (κ1) is 7.41. The molecule has 1 aromatic heterocycles. The topological polar surface area (TPSA) is 30.0 Å². The Morgan fingerprint density at radius 2 is 2.40 bits per heavy atom. The summed E-state index contributed by atoms with van der Waals surface area (Å²) in [4.78, 5) is 14.0. The maximum absolute atomic E-state index is 10.0. The van der Waals surface area contributed by atoms with Gasteiger partial charge in [-0.1, -0.05) is 0 Å². The van der Waals surface area contributed by atoms with Crippen molar-refractivity contribution >= 4 is 22.2 Å². The molecule has 0 fully saturated rings. The van der Waals surface area contributed by atoms with Crippen molar-refractivity contribution in [2.24, 2.45) is 0 Å². The summed E-state index contributed by atoms with van der Waals surface area (Å²) in [7, 11) is 0. The predicted molar refractivity (Wildman–Crippen MR) is 41.7 cm³/mol. The summed E-state index contributed by atoms with van der Waals surface area (Å²) in [5.74, 6) is 0. The molecule has 3 heteroatoms. The molecule has 0 N–H and O–H groups in total. The second-order valence-corrected chi connectivity index (χ2v) is 2.75. The number of carbonyl (C=O) groups excluding carboxylic acids is 1. The van der Waals surface area contributed by atoms with E-state index in [0.29, 0.717) is 6.42 Å². The lowest BCUT2D eigenvalue weighted by atomic mass is 10.3. The van der Waals surface area contributed by atoms with Gasteiger partial charge >= 0.3 is 0 Å². The van der Waals surface area contributed by atoms with E-state index in [2.05, 4.69) is 20.9 Å². The normalized spacial score (nSPS) is 9.30. The van der Waals surface area contributed by atoms with E-state index in [9.17, 15) is 4.79 Å². The Morgan fingerprint density at radius 1 is 1.60 bits per heavy atom. The fourth-order valence-electron chi connectivity index (χ4n) is 0.613. The molecule has 2 nitrogen and oxygen atoms in total. The van der Waals surface area contributed by atoms with Crippen LogP contribution in [0.25, 0.3) is 0 Å². The first-order valence-corrected chi connectivity index (χ1v) is 3.66. The van der Waals surface area contributed by atoms with Crippen molar-refractivity contribution in [3.8, 4) is 0 Å². The van der Waals surface area contributed by atoms with Crippen LogP contribution in [0.4, 0.5) is 0 Å². The molecule has 1 rings (SSSR count). The van der Waals surface area contributed by atoms with Crippen LogP contribution in [-0.2, 0) is 11.2 Å². The molecule has 10 heavy (non-hydrogen) atoms. The Bertz CT molecular complexity index is 220. The highest BCUT2D eigenvalue weighted by atomic mass is 79.9. The van der Waals surface area contributed by atoms with Gasteiger partial charge in [-0.2, -0.15) is 0 Å². The Hall–Kier alpha value is -0.700. The highest BCUT2D eigenvalue weighted by Gasteiger charge is 1.90. The number of aldehydes is 1. The molecule has 0 atom stereocenters. The van der Waals surface area contributed by atoms with Gasteiger partial charge < -0.3 is 4.79 Å². The number of carbonyl (C=O) groups is 1. The fourth-order valence-corrected chi connectivity index (χ4v) is 0.847. The first-order valence-electron chi connectivity index (χ1n) is 2.87. The van der Waals surface area contributed by atoms with E-state index in [1.165, 1.54) is 0 Å². The summed E-state index contributed by atoms with van der Waals surface area (Å²) < 4.78 is 0.933. The van der Waals surface area contributed by atoms with Crippen LogP contribution in [0.2, 0.25) is 0 Å². The Labute approximate surface area is 67.4 Å². The molecule has 0 spiro atoms. The number of hydrogen-bond acceptors (Lipinski definition) is 2. The van der Waals surface area contributed by atoms with Gasteiger partial charge in [0.15, 0.2) is 0 Å². The zero-order valence-corrected chi connectivity index (χ0v) is 6.84. The Kier molecular flexibility index (Phi) is 2.57. The zero-order valence-electron chi connectivity index (χ0n) is 5.25. The number of aromatic nitrogens is 1. The summed E-state index contributed by atoms with van der Waals surface area (Å²) in [6.07, 6.45) is 2.92. The smallest absolute Gasteiger partial charge is 0.125 e. The molecule has 0 saturated carbocycles. The van der Waals surface area contributed by atoms with Crippen molar-refractivity contribution in [3.05, 3.63) is 28.5 Å². The quantitative estimate of drug-likeness (QED) is 0.678. The maximum atomic E-state index is 10.0. The summed E-state index contributed by atoms with van der Waals surface area (Å²) in [6, 6.07) is 3.68. The number of halogens is 1. The van der Waals surface area contributed by atoms with Crippen molar-refractivity contribution < 1.29 is 4.79 Å². The molecule has 0 bridgehead atoms. The minimum absolute atomic E-state index is 0.396.